The van der Waals surface area contributed by atoms with Gasteiger partial charge >= 0.3 is 5.63 Å². The van der Waals surface area contributed by atoms with Gasteiger partial charge < -0.3 is 18.7 Å². The number of nitrogens with zero attached hydrogens (tertiary/aromatic N) is 2. The molecule has 0 aliphatic carbocycles. The molecule has 0 bridgehead atoms. The number of aromatic hydroxyl groups is 1. The molecule has 148 valence electrons. The fraction of sp³-hybridized carbons (Fsp3) is 0.105. The molecule has 2 aromatic heterocycles. The van der Waals surface area contributed by atoms with Crippen molar-refractivity contribution in [1.29, 1.82) is 0 Å². The molecular formula is C19H12Cl2N2O5S. The summed E-state index contributed by atoms with van der Waals surface area (Å²) in [5.74, 6) is 1.15. The van der Waals surface area contributed by atoms with Crippen LogP contribution < -0.4 is 10.4 Å². The Morgan fingerprint density at radius 1 is 1.07 bits per heavy atom. The normalized spacial score (nSPS) is 11.1. The summed E-state index contributed by atoms with van der Waals surface area (Å²) in [5, 5.41) is 19.3. The van der Waals surface area contributed by atoms with Crippen molar-refractivity contribution >= 4 is 45.9 Å². The van der Waals surface area contributed by atoms with Crippen molar-refractivity contribution in [1.82, 2.24) is 10.2 Å². The third kappa shape index (κ3) is 4.67. The standard InChI is InChI=1S/C19H12Cl2N2O5S/c20-11-1-3-12(4-2-11)26-8-17-22-23-19(28-17)29-9-10-5-18(25)27-16-7-15(24)14(21)6-13(10)16/h1-7,24H,8-9H2. The van der Waals surface area contributed by atoms with E-state index in [2.05, 4.69) is 10.2 Å². The monoisotopic (exact) mass is 450 g/mol. The van der Waals surface area contributed by atoms with Crippen LogP contribution in [-0.4, -0.2) is 15.3 Å². The molecule has 0 saturated carbocycles. The lowest BCUT2D eigenvalue weighted by Gasteiger charge is -2.05. The highest BCUT2D eigenvalue weighted by molar-refractivity contribution is 7.98. The lowest BCUT2D eigenvalue weighted by atomic mass is 10.1. The highest BCUT2D eigenvalue weighted by Gasteiger charge is 2.13. The molecule has 7 nitrogen and oxygen atoms in total. The predicted octanol–water partition coefficient (Wildman–Crippen LogP) is 5.06. The van der Waals surface area contributed by atoms with Crippen LogP contribution in [0.1, 0.15) is 11.5 Å². The summed E-state index contributed by atoms with van der Waals surface area (Å²) < 4.78 is 16.2. The van der Waals surface area contributed by atoms with E-state index in [1.807, 2.05) is 0 Å². The Kier molecular flexibility index (Phi) is 5.66. The minimum atomic E-state index is -0.530. The van der Waals surface area contributed by atoms with Gasteiger partial charge in [0.25, 0.3) is 11.1 Å². The van der Waals surface area contributed by atoms with Gasteiger partial charge in [0.15, 0.2) is 6.61 Å². The van der Waals surface area contributed by atoms with Gasteiger partial charge in [0, 0.05) is 28.3 Å². The number of ether oxygens (including phenoxy) is 1. The van der Waals surface area contributed by atoms with Gasteiger partial charge in [-0.25, -0.2) is 4.79 Å². The van der Waals surface area contributed by atoms with Gasteiger partial charge in [0.1, 0.15) is 17.1 Å². The molecule has 4 rings (SSSR count). The number of phenolic OH excluding ortho intramolecular Hbond substituents is 1. The fourth-order valence-electron chi connectivity index (χ4n) is 2.53. The molecule has 0 spiro atoms. The van der Waals surface area contributed by atoms with Crippen LogP contribution in [0.25, 0.3) is 11.0 Å². The van der Waals surface area contributed by atoms with Crippen LogP contribution in [0.2, 0.25) is 10.0 Å². The van der Waals surface area contributed by atoms with Crippen molar-refractivity contribution in [2.24, 2.45) is 0 Å². The number of benzene rings is 2. The number of hydrogen-bond donors (Lipinski definition) is 1. The Bertz CT molecular complexity index is 1220. The fourth-order valence-corrected chi connectivity index (χ4v) is 3.59. The first kappa shape index (κ1) is 19.6. The zero-order valence-electron chi connectivity index (χ0n) is 14.6. The van der Waals surface area contributed by atoms with Crippen LogP contribution >= 0.6 is 35.0 Å². The molecule has 2 heterocycles. The van der Waals surface area contributed by atoms with Crippen LogP contribution in [0.5, 0.6) is 11.5 Å². The number of thioether (sulfide) groups is 1. The van der Waals surface area contributed by atoms with Crippen LogP contribution in [-0.2, 0) is 12.4 Å². The quantitative estimate of drug-likeness (QED) is 0.321. The number of rotatable bonds is 6. The maximum absolute atomic E-state index is 11.8. The zero-order valence-corrected chi connectivity index (χ0v) is 16.9. The highest BCUT2D eigenvalue weighted by atomic mass is 35.5. The molecule has 4 aromatic rings. The largest absolute Gasteiger partial charge is 0.506 e. The smallest absolute Gasteiger partial charge is 0.336 e. The SMILES string of the molecule is O=c1cc(CSc2nnc(COc3ccc(Cl)cc3)o2)c2cc(Cl)c(O)cc2o1. The lowest BCUT2D eigenvalue weighted by molar-refractivity contribution is 0.252. The number of hydrogen-bond acceptors (Lipinski definition) is 8. The van der Waals surface area contributed by atoms with Crippen LogP contribution in [0.15, 0.2) is 61.3 Å². The minimum absolute atomic E-state index is 0.113. The summed E-state index contributed by atoms with van der Waals surface area (Å²) in [6, 6.07) is 11.1. The summed E-state index contributed by atoms with van der Waals surface area (Å²) in [6.45, 7) is 0.113. The Labute approximate surface area is 178 Å². The van der Waals surface area contributed by atoms with E-state index in [4.69, 9.17) is 36.8 Å². The Hall–Kier alpha value is -2.68. The predicted molar refractivity (Wildman–Crippen MR) is 109 cm³/mol. The van der Waals surface area contributed by atoms with Crippen molar-refractivity contribution in [2.45, 2.75) is 17.6 Å². The Morgan fingerprint density at radius 3 is 2.66 bits per heavy atom. The third-order valence-electron chi connectivity index (χ3n) is 3.87. The van der Waals surface area contributed by atoms with Crippen molar-refractivity contribution in [2.75, 3.05) is 0 Å². The van der Waals surface area contributed by atoms with E-state index in [0.29, 0.717) is 38.6 Å². The molecule has 0 atom stereocenters. The molecule has 0 radical (unpaired) electrons. The average Bonchev–Trinajstić information content (AvgIpc) is 3.15. The van der Waals surface area contributed by atoms with Crippen molar-refractivity contribution < 1.29 is 18.7 Å². The minimum Gasteiger partial charge on any atom is -0.506 e. The molecule has 0 unspecified atom stereocenters. The van der Waals surface area contributed by atoms with Crippen molar-refractivity contribution in [3.63, 3.8) is 0 Å². The van der Waals surface area contributed by atoms with Gasteiger partial charge in [0.2, 0.25) is 0 Å². The number of halogens is 2. The number of fused-ring (bicyclic) bond motifs is 1. The molecule has 2 aromatic carbocycles. The average molecular weight is 451 g/mol. The topological polar surface area (TPSA) is 98.6 Å². The molecule has 29 heavy (non-hydrogen) atoms. The van der Waals surface area contributed by atoms with Gasteiger partial charge in [-0.1, -0.05) is 35.0 Å². The molecule has 0 aliphatic heterocycles. The van der Waals surface area contributed by atoms with Crippen LogP contribution in [0.3, 0.4) is 0 Å². The third-order valence-corrected chi connectivity index (χ3v) is 5.29. The Balaban J connectivity index is 1.45. The molecule has 0 saturated heterocycles. The van der Waals surface area contributed by atoms with Gasteiger partial charge in [-0.05, 0) is 35.9 Å². The summed E-state index contributed by atoms with van der Waals surface area (Å²) in [7, 11) is 0. The van der Waals surface area contributed by atoms with Crippen LogP contribution in [0.4, 0.5) is 0 Å². The first-order chi connectivity index (χ1) is 14.0. The van der Waals surface area contributed by atoms with E-state index in [9.17, 15) is 9.90 Å². The van der Waals surface area contributed by atoms with E-state index in [0.717, 1.165) is 0 Å². The summed E-state index contributed by atoms with van der Waals surface area (Å²) in [6.07, 6.45) is 0. The summed E-state index contributed by atoms with van der Waals surface area (Å²) in [4.78, 5) is 11.8. The zero-order chi connectivity index (χ0) is 20.4. The Morgan fingerprint density at radius 2 is 1.86 bits per heavy atom. The van der Waals surface area contributed by atoms with E-state index in [1.165, 1.54) is 23.9 Å². The van der Waals surface area contributed by atoms with E-state index in [-0.39, 0.29) is 23.0 Å². The molecule has 0 aliphatic rings. The summed E-state index contributed by atoms with van der Waals surface area (Å²) in [5.41, 5.74) is 0.385. The first-order valence-electron chi connectivity index (χ1n) is 8.27. The lowest BCUT2D eigenvalue weighted by Crippen LogP contribution is -2.00. The van der Waals surface area contributed by atoms with Gasteiger partial charge in [-0.15, -0.1) is 10.2 Å². The highest BCUT2D eigenvalue weighted by Crippen LogP contribution is 2.32. The first-order valence-corrected chi connectivity index (χ1v) is 10.0. The second-order valence-electron chi connectivity index (χ2n) is 5.88. The maximum Gasteiger partial charge on any atom is 0.336 e. The molecule has 10 heteroatoms. The van der Waals surface area contributed by atoms with E-state index >= 15 is 0 Å². The van der Waals surface area contributed by atoms with Crippen LogP contribution in [0, 0.1) is 0 Å². The van der Waals surface area contributed by atoms with Gasteiger partial charge in [-0.2, -0.15) is 0 Å². The molecule has 0 fully saturated rings. The maximum atomic E-state index is 11.8. The van der Waals surface area contributed by atoms with E-state index in [1.54, 1.807) is 30.3 Å². The van der Waals surface area contributed by atoms with E-state index < -0.39 is 5.63 Å². The second kappa shape index (κ2) is 8.36. The number of phenols is 1. The second-order valence-corrected chi connectivity index (χ2v) is 7.65. The number of aromatic nitrogens is 2. The van der Waals surface area contributed by atoms with Crippen molar-refractivity contribution in [3.05, 3.63) is 74.4 Å². The molecule has 1 N–H and O–H groups in total. The molecular weight excluding hydrogens is 439 g/mol. The summed E-state index contributed by atoms with van der Waals surface area (Å²) >= 11 is 13.1. The van der Waals surface area contributed by atoms with Gasteiger partial charge in [0.05, 0.1) is 5.02 Å². The van der Waals surface area contributed by atoms with Crippen molar-refractivity contribution in [3.8, 4) is 11.5 Å². The molecule has 0 amide bonds. The van der Waals surface area contributed by atoms with Gasteiger partial charge in [-0.3, -0.25) is 0 Å².